The highest BCUT2D eigenvalue weighted by atomic mass is 19.1. The summed E-state index contributed by atoms with van der Waals surface area (Å²) in [5, 5.41) is 0. The van der Waals surface area contributed by atoms with Gasteiger partial charge in [-0.3, -0.25) is 14.6 Å². The highest BCUT2D eigenvalue weighted by Crippen LogP contribution is 2.43. The Hall–Kier alpha value is -1.98. The lowest BCUT2D eigenvalue weighted by molar-refractivity contribution is -0.136. The summed E-state index contributed by atoms with van der Waals surface area (Å²) in [5.41, 5.74) is -0.00606. The van der Waals surface area contributed by atoms with Crippen molar-refractivity contribution in [3.05, 3.63) is 29.8 Å². The van der Waals surface area contributed by atoms with Crippen LogP contribution in [0.3, 0.4) is 0 Å². The normalized spacial score (nSPS) is 27.0. The average molecular weight is 345 g/mol. The van der Waals surface area contributed by atoms with Crippen molar-refractivity contribution in [1.82, 2.24) is 14.8 Å². The molecule has 6 heteroatoms. The van der Waals surface area contributed by atoms with Gasteiger partial charge < -0.3 is 9.80 Å². The van der Waals surface area contributed by atoms with Crippen LogP contribution in [0, 0.1) is 17.2 Å². The van der Waals surface area contributed by atoms with E-state index < -0.39 is 5.82 Å². The molecule has 3 fully saturated rings. The van der Waals surface area contributed by atoms with Crippen molar-refractivity contribution in [3.63, 3.8) is 0 Å². The molecule has 1 aliphatic carbocycles. The summed E-state index contributed by atoms with van der Waals surface area (Å²) >= 11 is 0. The number of amides is 2. The van der Waals surface area contributed by atoms with E-state index in [1.54, 1.807) is 4.90 Å². The van der Waals surface area contributed by atoms with Crippen LogP contribution in [0.2, 0.25) is 0 Å². The number of aromatic nitrogens is 1. The SMILES string of the molecule is O=C(c1cncc(F)c1)N1CCC[C@]2(CC1)CCN(CC1CC1)C2=O. The van der Waals surface area contributed by atoms with Gasteiger partial charge in [-0.15, -0.1) is 0 Å². The average Bonchev–Trinajstić information content (AvgIpc) is 3.40. The largest absolute Gasteiger partial charge is 0.342 e. The summed E-state index contributed by atoms with van der Waals surface area (Å²) in [6.07, 6.45) is 8.28. The molecule has 2 aliphatic heterocycles. The third-order valence-electron chi connectivity index (χ3n) is 5.96. The van der Waals surface area contributed by atoms with Gasteiger partial charge in [0.05, 0.1) is 17.2 Å². The first-order valence-corrected chi connectivity index (χ1v) is 9.27. The quantitative estimate of drug-likeness (QED) is 0.846. The van der Waals surface area contributed by atoms with Crippen molar-refractivity contribution in [2.75, 3.05) is 26.2 Å². The Kier molecular flexibility index (Phi) is 4.21. The number of likely N-dealkylation sites (tertiary alicyclic amines) is 2. The summed E-state index contributed by atoms with van der Waals surface area (Å²) in [7, 11) is 0. The van der Waals surface area contributed by atoms with Crippen LogP contribution < -0.4 is 0 Å². The Labute approximate surface area is 147 Å². The van der Waals surface area contributed by atoms with Crippen LogP contribution in [0.1, 0.15) is 48.9 Å². The highest BCUT2D eigenvalue weighted by Gasteiger charge is 2.48. The van der Waals surface area contributed by atoms with Gasteiger partial charge in [-0.05, 0) is 50.5 Å². The first-order valence-electron chi connectivity index (χ1n) is 9.27. The van der Waals surface area contributed by atoms with E-state index in [0.717, 1.165) is 38.5 Å². The van der Waals surface area contributed by atoms with E-state index in [4.69, 9.17) is 0 Å². The number of pyridine rings is 1. The van der Waals surface area contributed by atoms with Crippen molar-refractivity contribution in [3.8, 4) is 0 Å². The maximum absolute atomic E-state index is 13.3. The molecule has 0 unspecified atom stereocenters. The summed E-state index contributed by atoms with van der Waals surface area (Å²) in [6.45, 7) is 2.95. The third kappa shape index (κ3) is 3.26. The zero-order valence-corrected chi connectivity index (χ0v) is 14.4. The third-order valence-corrected chi connectivity index (χ3v) is 5.96. The standard InChI is InChI=1S/C19H24FN3O2/c20-16-10-15(11-21-12-16)17(24)22-7-1-4-19(5-8-22)6-9-23(18(19)25)13-14-2-3-14/h10-12,14H,1-9,13H2/t19-/m0/s1. The summed E-state index contributed by atoms with van der Waals surface area (Å²) < 4.78 is 13.3. The van der Waals surface area contributed by atoms with Gasteiger partial charge in [0, 0.05) is 32.4 Å². The Morgan fingerprint density at radius 2 is 2.00 bits per heavy atom. The highest BCUT2D eigenvalue weighted by molar-refractivity contribution is 5.94. The van der Waals surface area contributed by atoms with Crippen LogP contribution in [0.5, 0.6) is 0 Å². The summed E-state index contributed by atoms with van der Waals surface area (Å²) in [5.74, 6) is 0.313. The smallest absolute Gasteiger partial charge is 0.255 e. The molecule has 0 bridgehead atoms. The lowest BCUT2D eigenvalue weighted by Crippen LogP contribution is -2.37. The molecule has 2 amide bonds. The van der Waals surface area contributed by atoms with Gasteiger partial charge in [0.25, 0.3) is 5.91 Å². The number of hydrogen-bond donors (Lipinski definition) is 0. The number of nitrogens with zero attached hydrogens (tertiary/aromatic N) is 3. The van der Waals surface area contributed by atoms with Crippen LogP contribution >= 0.6 is 0 Å². The molecule has 1 spiro atoms. The van der Waals surface area contributed by atoms with Gasteiger partial charge >= 0.3 is 0 Å². The van der Waals surface area contributed by atoms with E-state index in [-0.39, 0.29) is 16.9 Å². The molecule has 4 rings (SSSR count). The molecule has 1 aromatic rings. The molecule has 0 aromatic carbocycles. The number of carbonyl (C=O) groups excluding carboxylic acids is 2. The molecular weight excluding hydrogens is 321 g/mol. The molecule has 3 aliphatic rings. The zero-order valence-electron chi connectivity index (χ0n) is 14.4. The fourth-order valence-corrected chi connectivity index (χ4v) is 4.25. The van der Waals surface area contributed by atoms with Crippen molar-refractivity contribution >= 4 is 11.8 Å². The second-order valence-corrected chi connectivity index (χ2v) is 7.76. The number of hydrogen-bond acceptors (Lipinski definition) is 3. The maximum Gasteiger partial charge on any atom is 0.255 e. The number of carbonyl (C=O) groups is 2. The molecule has 134 valence electrons. The van der Waals surface area contributed by atoms with Gasteiger partial charge in [-0.2, -0.15) is 0 Å². The lowest BCUT2D eigenvalue weighted by Gasteiger charge is -2.27. The molecule has 0 N–H and O–H groups in total. The van der Waals surface area contributed by atoms with E-state index >= 15 is 0 Å². The van der Waals surface area contributed by atoms with Crippen molar-refractivity contribution < 1.29 is 14.0 Å². The first-order chi connectivity index (χ1) is 12.1. The van der Waals surface area contributed by atoms with Gasteiger partial charge in [-0.25, -0.2) is 4.39 Å². The molecule has 25 heavy (non-hydrogen) atoms. The zero-order chi connectivity index (χ0) is 17.4. The number of halogens is 1. The molecule has 1 atom stereocenters. The van der Waals surface area contributed by atoms with Gasteiger partial charge in [0.1, 0.15) is 5.82 Å². The number of rotatable bonds is 3. The minimum atomic E-state index is -0.501. The topological polar surface area (TPSA) is 53.5 Å². The van der Waals surface area contributed by atoms with Gasteiger partial charge in [-0.1, -0.05) is 0 Å². The van der Waals surface area contributed by atoms with Crippen LogP contribution in [0.25, 0.3) is 0 Å². The second-order valence-electron chi connectivity index (χ2n) is 7.76. The van der Waals surface area contributed by atoms with Crippen LogP contribution in [-0.4, -0.2) is 52.8 Å². The molecule has 1 saturated carbocycles. The molecule has 5 nitrogen and oxygen atoms in total. The van der Waals surface area contributed by atoms with E-state index in [9.17, 15) is 14.0 Å². The van der Waals surface area contributed by atoms with Crippen molar-refractivity contribution in [1.29, 1.82) is 0 Å². The van der Waals surface area contributed by atoms with E-state index in [2.05, 4.69) is 4.98 Å². The van der Waals surface area contributed by atoms with Crippen molar-refractivity contribution in [2.45, 2.75) is 38.5 Å². The predicted octanol–water partition coefficient (Wildman–Crippen LogP) is 2.48. The van der Waals surface area contributed by atoms with Gasteiger partial charge in [0.15, 0.2) is 0 Å². The maximum atomic E-state index is 13.3. The second kappa shape index (κ2) is 6.39. The van der Waals surface area contributed by atoms with Gasteiger partial charge in [0.2, 0.25) is 5.91 Å². The molecule has 1 aromatic heterocycles. The fraction of sp³-hybridized carbons (Fsp3) is 0.632. The molecule has 0 radical (unpaired) electrons. The van der Waals surface area contributed by atoms with Crippen LogP contribution in [0.15, 0.2) is 18.5 Å². The summed E-state index contributed by atoms with van der Waals surface area (Å²) in [6, 6.07) is 1.23. The lowest BCUT2D eigenvalue weighted by atomic mass is 9.79. The van der Waals surface area contributed by atoms with E-state index in [0.29, 0.717) is 31.3 Å². The van der Waals surface area contributed by atoms with E-state index in [1.807, 2.05) is 4.90 Å². The Balaban J connectivity index is 1.43. The van der Waals surface area contributed by atoms with Crippen molar-refractivity contribution in [2.24, 2.45) is 11.3 Å². The minimum Gasteiger partial charge on any atom is -0.342 e. The fourth-order valence-electron chi connectivity index (χ4n) is 4.25. The molecular formula is C19H24FN3O2. The Morgan fingerprint density at radius 1 is 1.20 bits per heavy atom. The van der Waals surface area contributed by atoms with Crippen LogP contribution in [0.4, 0.5) is 4.39 Å². The Morgan fingerprint density at radius 3 is 2.76 bits per heavy atom. The van der Waals surface area contributed by atoms with Crippen LogP contribution in [-0.2, 0) is 4.79 Å². The summed E-state index contributed by atoms with van der Waals surface area (Å²) in [4.78, 5) is 33.1. The Bertz CT molecular complexity index is 691. The van der Waals surface area contributed by atoms with E-state index in [1.165, 1.54) is 25.1 Å². The predicted molar refractivity (Wildman–Crippen MR) is 90.3 cm³/mol. The monoisotopic (exact) mass is 345 g/mol. The molecule has 2 saturated heterocycles. The first kappa shape index (κ1) is 16.5. The minimum absolute atomic E-state index is 0.190. The molecule has 3 heterocycles.